The summed E-state index contributed by atoms with van der Waals surface area (Å²) in [5, 5.41) is 19.3. The predicted octanol–water partition coefficient (Wildman–Crippen LogP) is 4.66. The van der Waals surface area contributed by atoms with E-state index in [1.165, 1.54) is 0 Å². The molecular formula is C21H40O5Si. The number of ketones is 1. The van der Waals surface area contributed by atoms with Crippen molar-refractivity contribution in [1.82, 2.24) is 0 Å². The molecule has 0 amide bonds. The van der Waals surface area contributed by atoms with Gasteiger partial charge in [-0.1, -0.05) is 61.5 Å². The van der Waals surface area contributed by atoms with E-state index in [1.54, 1.807) is 19.9 Å². The van der Waals surface area contributed by atoms with Crippen molar-refractivity contribution in [3.05, 3.63) is 12.7 Å². The fraction of sp³-hybridized carbons (Fsp3) is 0.810. The van der Waals surface area contributed by atoms with Crippen LogP contribution in [0.2, 0.25) is 18.1 Å². The summed E-state index contributed by atoms with van der Waals surface area (Å²) in [7, 11) is -2.17. The highest BCUT2D eigenvalue weighted by molar-refractivity contribution is 6.74. The maximum absolute atomic E-state index is 13.5. The molecule has 0 aliphatic rings. The highest BCUT2D eigenvalue weighted by Gasteiger charge is 2.51. The first-order valence-electron chi connectivity index (χ1n) is 9.57. The van der Waals surface area contributed by atoms with Gasteiger partial charge >= 0.3 is 5.97 Å². The van der Waals surface area contributed by atoms with Crippen molar-refractivity contribution in [3.63, 3.8) is 0 Å². The van der Waals surface area contributed by atoms with E-state index in [9.17, 15) is 14.7 Å². The first-order chi connectivity index (χ1) is 11.8. The Labute approximate surface area is 166 Å². The van der Waals surface area contributed by atoms with Gasteiger partial charge in [0.1, 0.15) is 5.78 Å². The quantitative estimate of drug-likeness (QED) is 0.412. The molecule has 3 atom stereocenters. The van der Waals surface area contributed by atoms with E-state index < -0.39 is 43.7 Å². The van der Waals surface area contributed by atoms with Gasteiger partial charge in [0.15, 0.2) is 8.32 Å². The Morgan fingerprint density at radius 3 is 1.85 bits per heavy atom. The van der Waals surface area contributed by atoms with Crippen molar-refractivity contribution in [2.45, 2.75) is 92.2 Å². The molecule has 0 radical (unpaired) electrons. The Kier molecular flexibility index (Phi) is 8.26. The molecule has 2 N–H and O–H groups in total. The summed E-state index contributed by atoms with van der Waals surface area (Å²) in [5.41, 5.74) is -2.13. The third-order valence-corrected chi connectivity index (χ3v) is 10.6. The molecule has 0 aromatic rings. The zero-order valence-corrected chi connectivity index (χ0v) is 19.8. The highest BCUT2D eigenvalue weighted by atomic mass is 28.4. The lowest BCUT2D eigenvalue weighted by atomic mass is 9.66. The minimum atomic E-state index is -2.17. The average molecular weight is 401 g/mol. The molecule has 0 aliphatic heterocycles. The number of aliphatic hydroxyl groups is 1. The number of aliphatic hydroxyl groups excluding tert-OH is 1. The number of carboxylic acid groups (broad SMARTS) is 1. The van der Waals surface area contributed by atoms with E-state index >= 15 is 0 Å². The van der Waals surface area contributed by atoms with Gasteiger partial charge in [0.2, 0.25) is 0 Å². The van der Waals surface area contributed by atoms with E-state index in [1.807, 2.05) is 20.8 Å². The number of carboxylic acids is 1. The number of aliphatic carboxylic acids is 1. The third-order valence-electron chi connectivity index (χ3n) is 6.16. The van der Waals surface area contributed by atoms with Gasteiger partial charge in [-0.2, -0.15) is 0 Å². The predicted molar refractivity (Wildman–Crippen MR) is 112 cm³/mol. The topological polar surface area (TPSA) is 83.8 Å². The third kappa shape index (κ3) is 6.00. The highest BCUT2D eigenvalue weighted by Crippen LogP contribution is 2.44. The SMILES string of the molecule is C=C[C@H](C)[C@H](O[Si](C)(C)C(C)(C)C)C(C)(C)C(=O)C(C)(C)[C@@H](O)CC(=O)O. The molecule has 27 heavy (non-hydrogen) atoms. The summed E-state index contributed by atoms with van der Waals surface area (Å²) in [4.78, 5) is 24.5. The van der Waals surface area contributed by atoms with Gasteiger partial charge in [-0.3, -0.25) is 9.59 Å². The van der Waals surface area contributed by atoms with Crippen LogP contribution in [0, 0.1) is 16.7 Å². The fourth-order valence-corrected chi connectivity index (χ4v) is 4.56. The molecule has 0 bridgehead atoms. The summed E-state index contributed by atoms with van der Waals surface area (Å²) >= 11 is 0. The van der Waals surface area contributed by atoms with Crippen LogP contribution in [0.15, 0.2) is 12.7 Å². The molecule has 0 saturated heterocycles. The van der Waals surface area contributed by atoms with Gasteiger partial charge in [0.05, 0.1) is 24.0 Å². The normalized spacial score (nSPS) is 17.1. The second-order valence-corrected chi connectivity index (χ2v) is 15.0. The Morgan fingerprint density at radius 2 is 1.52 bits per heavy atom. The molecule has 0 heterocycles. The Bertz CT molecular complexity index is 557. The van der Waals surface area contributed by atoms with Crippen LogP contribution >= 0.6 is 0 Å². The van der Waals surface area contributed by atoms with Crippen LogP contribution in [0.1, 0.15) is 61.8 Å². The van der Waals surface area contributed by atoms with Gasteiger partial charge in [-0.25, -0.2) is 0 Å². The van der Waals surface area contributed by atoms with E-state index in [0.29, 0.717) is 0 Å². The monoisotopic (exact) mass is 400 g/mol. The number of carbonyl (C=O) groups is 2. The smallest absolute Gasteiger partial charge is 0.306 e. The summed E-state index contributed by atoms with van der Waals surface area (Å²) in [6, 6.07) is 0. The van der Waals surface area contributed by atoms with Crippen molar-refractivity contribution in [2.24, 2.45) is 16.7 Å². The first-order valence-corrected chi connectivity index (χ1v) is 12.5. The molecule has 0 saturated carbocycles. The fourth-order valence-electron chi connectivity index (χ4n) is 3.06. The van der Waals surface area contributed by atoms with Crippen molar-refractivity contribution in [3.8, 4) is 0 Å². The lowest BCUT2D eigenvalue weighted by Crippen LogP contribution is -2.56. The molecule has 5 nitrogen and oxygen atoms in total. The zero-order valence-electron chi connectivity index (χ0n) is 18.8. The van der Waals surface area contributed by atoms with Gasteiger partial charge in [-0.15, -0.1) is 6.58 Å². The molecule has 158 valence electrons. The second kappa shape index (κ2) is 8.58. The van der Waals surface area contributed by atoms with Crippen LogP contribution in [0.25, 0.3) is 0 Å². The maximum Gasteiger partial charge on any atom is 0.306 e. The lowest BCUT2D eigenvalue weighted by molar-refractivity contribution is -0.152. The number of hydrogen-bond acceptors (Lipinski definition) is 4. The van der Waals surface area contributed by atoms with Crippen molar-refractivity contribution in [1.29, 1.82) is 0 Å². The van der Waals surface area contributed by atoms with Crippen LogP contribution in [0.3, 0.4) is 0 Å². The van der Waals surface area contributed by atoms with Crippen LogP contribution in [-0.2, 0) is 14.0 Å². The summed E-state index contributed by atoms with van der Waals surface area (Å²) < 4.78 is 6.65. The van der Waals surface area contributed by atoms with Crippen molar-refractivity contribution >= 4 is 20.1 Å². The lowest BCUT2D eigenvalue weighted by Gasteiger charge is -2.47. The minimum absolute atomic E-state index is 0.0242. The van der Waals surface area contributed by atoms with E-state index in [4.69, 9.17) is 9.53 Å². The van der Waals surface area contributed by atoms with E-state index in [2.05, 4.69) is 40.4 Å². The standard InChI is InChI=1S/C21H40O5Si/c1-12-14(2)17(26-27(10,11)19(3,4)5)21(8,9)18(25)20(6,7)15(22)13-16(23)24/h12,14-15,17,22H,1,13H2,2-11H3,(H,23,24)/t14-,15-,17-/m0/s1. The van der Waals surface area contributed by atoms with Crippen molar-refractivity contribution in [2.75, 3.05) is 0 Å². The molecular weight excluding hydrogens is 360 g/mol. The summed E-state index contributed by atoms with van der Waals surface area (Å²) in [6.07, 6.45) is -0.373. The van der Waals surface area contributed by atoms with Crippen LogP contribution in [0.5, 0.6) is 0 Å². The van der Waals surface area contributed by atoms with Crippen LogP contribution in [-0.4, -0.2) is 42.5 Å². The van der Waals surface area contributed by atoms with Gasteiger partial charge in [-0.05, 0) is 24.1 Å². The Balaban J connectivity index is 5.99. The van der Waals surface area contributed by atoms with Crippen LogP contribution < -0.4 is 0 Å². The van der Waals surface area contributed by atoms with Crippen molar-refractivity contribution < 1.29 is 24.2 Å². The molecule has 0 aromatic carbocycles. The first kappa shape index (κ1) is 26.0. The molecule has 6 heteroatoms. The molecule has 0 fully saturated rings. The number of rotatable bonds is 10. The largest absolute Gasteiger partial charge is 0.481 e. The number of Topliss-reactive ketones (excluding diaryl/α,β-unsaturated/α-hetero) is 1. The molecule has 0 unspecified atom stereocenters. The Hall–Kier alpha value is -0.983. The minimum Gasteiger partial charge on any atom is -0.481 e. The van der Waals surface area contributed by atoms with E-state index in [-0.39, 0.29) is 16.7 Å². The molecule has 0 rings (SSSR count). The van der Waals surface area contributed by atoms with Crippen LogP contribution in [0.4, 0.5) is 0 Å². The van der Waals surface area contributed by atoms with Gasteiger partial charge < -0.3 is 14.6 Å². The number of hydrogen-bond donors (Lipinski definition) is 2. The Morgan fingerprint density at radius 1 is 1.07 bits per heavy atom. The molecule has 0 spiro atoms. The summed E-state index contributed by atoms with van der Waals surface area (Å²) in [6.45, 7) is 23.4. The number of carbonyl (C=O) groups excluding carboxylic acids is 1. The second-order valence-electron chi connectivity index (χ2n) is 10.3. The summed E-state index contributed by atoms with van der Waals surface area (Å²) in [5.74, 6) is -1.42. The average Bonchev–Trinajstić information content (AvgIpc) is 2.48. The molecule has 0 aliphatic carbocycles. The van der Waals surface area contributed by atoms with Gasteiger partial charge in [0.25, 0.3) is 0 Å². The van der Waals surface area contributed by atoms with E-state index in [0.717, 1.165) is 0 Å². The maximum atomic E-state index is 13.5. The zero-order chi connectivity index (χ0) is 22.0. The van der Waals surface area contributed by atoms with Gasteiger partial charge in [0, 0.05) is 5.41 Å². The molecule has 0 aromatic heterocycles.